The van der Waals surface area contributed by atoms with Gasteiger partial charge in [-0.2, -0.15) is 5.26 Å². The molecule has 0 aromatic heterocycles. The maximum absolute atomic E-state index is 9.24. The Morgan fingerprint density at radius 1 is 1.40 bits per heavy atom. The first kappa shape index (κ1) is 17.4. The molecule has 0 amide bonds. The van der Waals surface area contributed by atoms with Gasteiger partial charge in [0.25, 0.3) is 0 Å². The van der Waals surface area contributed by atoms with Gasteiger partial charge in [0.2, 0.25) is 0 Å². The number of rotatable bonds is 8. The van der Waals surface area contributed by atoms with Crippen LogP contribution in [-0.4, -0.2) is 62.2 Å². The molecule has 0 aromatic rings. The highest BCUT2D eigenvalue weighted by Crippen LogP contribution is 2.17. The zero-order chi connectivity index (χ0) is 15.0. The molecule has 0 radical (unpaired) electrons. The molecule has 0 bridgehead atoms. The number of likely N-dealkylation sites (tertiary alicyclic amines) is 1. The van der Waals surface area contributed by atoms with Gasteiger partial charge < -0.3 is 9.80 Å². The van der Waals surface area contributed by atoms with Crippen LogP contribution in [0.25, 0.3) is 0 Å². The quantitative estimate of drug-likeness (QED) is 0.738. The summed E-state index contributed by atoms with van der Waals surface area (Å²) in [5, 5.41) is 12.5. The van der Waals surface area contributed by atoms with E-state index >= 15 is 0 Å². The van der Waals surface area contributed by atoms with Gasteiger partial charge in [-0.05, 0) is 78.8 Å². The van der Waals surface area contributed by atoms with Gasteiger partial charge in [0.1, 0.15) is 5.54 Å². The lowest BCUT2D eigenvalue weighted by atomic mass is 9.95. The Balaban J connectivity index is 2.20. The summed E-state index contributed by atoms with van der Waals surface area (Å²) in [6, 6.07) is 2.40. The fraction of sp³-hybridized carbons (Fsp3) is 0.938. The normalized spacial score (nSPS) is 20.8. The molecule has 1 N–H and O–H groups in total. The third-order valence-electron chi connectivity index (χ3n) is 4.44. The topological polar surface area (TPSA) is 42.3 Å². The second-order valence-electron chi connectivity index (χ2n) is 6.59. The summed E-state index contributed by atoms with van der Waals surface area (Å²) in [6.07, 6.45) is 4.66. The first-order chi connectivity index (χ1) is 9.49. The van der Waals surface area contributed by atoms with Crippen LogP contribution in [0.15, 0.2) is 0 Å². The molecule has 0 saturated carbocycles. The Morgan fingerprint density at radius 2 is 2.05 bits per heavy atom. The number of piperidine rings is 1. The van der Waals surface area contributed by atoms with Crippen molar-refractivity contribution >= 4 is 0 Å². The van der Waals surface area contributed by atoms with E-state index in [1.165, 1.54) is 32.5 Å². The zero-order valence-electron chi connectivity index (χ0n) is 13.8. The van der Waals surface area contributed by atoms with Crippen LogP contribution in [-0.2, 0) is 0 Å². The van der Waals surface area contributed by atoms with E-state index in [2.05, 4.69) is 42.2 Å². The van der Waals surface area contributed by atoms with Crippen molar-refractivity contribution in [3.8, 4) is 6.07 Å². The molecule has 0 spiro atoms. The highest BCUT2D eigenvalue weighted by Gasteiger charge is 2.22. The average molecular weight is 280 g/mol. The lowest BCUT2D eigenvalue weighted by Crippen LogP contribution is -2.41. The predicted molar refractivity (Wildman–Crippen MR) is 84.6 cm³/mol. The van der Waals surface area contributed by atoms with Crippen molar-refractivity contribution in [1.82, 2.24) is 15.1 Å². The maximum atomic E-state index is 9.24. The Kier molecular flexibility index (Phi) is 7.50. The molecule has 0 aromatic carbocycles. The van der Waals surface area contributed by atoms with Crippen molar-refractivity contribution in [1.29, 1.82) is 5.26 Å². The molecular formula is C16H32N4. The number of nitriles is 1. The van der Waals surface area contributed by atoms with Crippen LogP contribution in [0.2, 0.25) is 0 Å². The molecule has 0 aliphatic carbocycles. The summed E-state index contributed by atoms with van der Waals surface area (Å²) >= 11 is 0. The van der Waals surface area contributed by atoms with E-state index < -0.39 is 0 Å². The lowest BCUT2D eigenvalue weighted by molar-refractivity contribution is 0.174. The molecule has 4 heteroatoms. The number of hydrogen-bond donors (Lipinski definition) is 1. The van der Waals surface area contributed by atoms with Crippen LogP contribution in [0.1, 0.15) is 39.5 Å². The minimum atomic E-state index is -0.358. The molecule has 1 saturated heterocycles. The summed E-state index contributed by atoms with van der Waals surface area (Å²) < 4.78 is 0. The smallest absolute Gasteiger partial charge is 0.103 e. The van der Waals surface area contributed by atoms with Crippen LogP contribution in [0, 0.1) is 17.2 Å². The highest BCUT2D eigenvalue weighted by atomic mass is 15.1. The van der Waals surface area contributed by atoms with Crippen molar-refractivity contribution in [3.05, 3.63) is 0 Å². The summed E-state index contributed by atoms with van der Waals surface area (Å²) in [5.41, 5.74) is -0.358. The zero-order valence-corrected chi connectivity index (χ0v) is 13.8. The monoisotopic (exact) mass is 280 g/mol. The fourth-order valence-corrected chi connectivity index (χ4v) is 3.05. The van der Waals surface area contributed by atoms with Crippen LogP contribution in [0.4, 0.5) is 0 Å². The molecule has 1 unspecified atom stereocenters. The van der Waals surface area contributed by atoms with Crippen molar-refractivity contribution in [2.75, 3.05) is 46.8 Å². The number of hydrogen-bond acceptors (Lipinski definition) is 4. The van der Waals surface area contributed by atoms with E-state index in [9.17, 15) is 5.26 Å². The number of nitrogens with one attached hydrogen (secondary N) is 1. The minimum absolute atomic E-state index is 0.358. The van der Waals surface area contributed by atoms with Gasteiger partial charge in [-0.15, -0.1) is 0 Å². The summed E-state index contributed by atoms with van der Waals surface area (Å²) in [5.74, 6) is 0.854. The Morgan fingerprint density at radius 3 is 2.60 bits per heavy atom. The van der Waals surface area contributed by atoms with Gasteiger partial charge in [0.05, 0.1) is 6.07 Å². The molecule has 1 fully saturated rings. The van der Waals surface area contributed by atoms with Crippen LogP contribution in [0.5, 0.6) is 0 Å². The molecule has 1 heterocycles. The van der Waals surface area contributed by atoms with Gasteiger partial charge in [-0.25, -0.2) is 0 Å². The number of nitrogens with zero attached hydrogens (tertiary/aromatic N) is 3. The molecule has 20 heavy (non-hydrogen) atoms. The van der Waals surface area contributed by atoms with Crippen molar-refractivity contribution in [2.24, 2.45) is 5.92 Å². The van der Waals surface area contributed by atoms with Gasteiger partial charge in [0, 0.05) is 6.54 Å². The second-order valence-corrected chi connectivity index (χ2v) is 6.59. The Labute approximate surface area is 125 Å². The molecule has 116 valence electrons. The Bertz CT molecular complexity index is 304. The van der Waals surface area contributed by atoms with Crippen LogP contribution >= 0.6 is 0 Å². The van der Waals surface area contributed by atoms with E-state index in [-0.39, 0.29) is 5.54 Å². The molecule has 4 nitrogen and oxygen atoms in total. The largest absolute Gasteiger partial charge is 0.306 e. The molecule has 1 atom stereocenters. The third-order valence-corrected chi connectivity index (χ3v) is 4.44. The molecule has 1 aliphatic rings. The molecule has 1 aliphatic heterocycles. The highest BCUT2D eigenvalue weighted by molar-refractivity contribution is 5.03. The van der Waals surface area contributed by atoms with E-state index in [0.717, 1.165) is 31.8 Å². The van der Waals surface area contributed by atoms with Crippen molar-refractivity contribution < 1.29 is 0 Å². The van der Waals surface area contributed by atoms with Crippen LogP contribution in [0.3, 0.4) is 0 Å². The molecular weight excluding hydrogens is 248 g/mol. The van der Waals surface area contributed by atoms with E-state index in [1.54, 1.807) is 0 Å². The summed E-state index contributed by atoms with van der Waals surface area (Å²) in [6.45, 7) is 9.70. The van der Waals surface area contributed by atoms with Crippen molar-refractivity contribution in [3.63, 3.8) is 0 Å². The summed E-state index contributed by atoms with van der Waals surface area (Å²) in [4.78, 5) is 4.87. The Hall–Kier alpha value is -0.630. The standard InChI is InChI=1S/C16H32N4/c1-5-18-16(2,14-17)9-6-10-20(4)13-15-7-11-19(3)12-8-15/h15,18H,5-13H2,1-4H3. The molecule has 1 rings (SSSR count). The lowest BCUT2D eigenvalue weighted by Gasteiger charge is -2.32. The first-order valence-electron chi connectivity index (χ1n) is 8.02. The van der Waals surface area contributed by atoms with Gasteiger partial charge in [-0.3, -0.25) is 5.32 Å². The predicted octanol–water partition coefficient (Wildman–Crippen LogP) is 1.93. The third kappa shape index (κ3) is 6.21. The fourth-order valence-electron chi connectivity index (χ4n) is 3.05. The van der Waals surface area contributed by atoms with Crippen LogP contribution < -0.4 is 5.32 Å². The van der Waals surface area contributed by atoms with Gasteiger partial charge in [0.15, 0.2) is 0 Å². The van der Waals surface area contributed by atoms with E-state index in [0.29, 0.717) is 0 Å². The average Bonchev–Trinajstić information content (AvgIpc) is 2.42. The first-order valence-corrected chi connectivity index (χ1v) is 8.02. The van der Waals surface area contributed by atoms with Gasteiger partial charge in [-0.1, -0.05) is 6.92 Å². The van der Waals surface area contributed by atoms with Crippen molar-refractivity contribution in [2.45, 2.75) is 45.1 Å². The SMILES string of the molecule is CCNC(C)(C#N)CCCN(C)CC1CCN(C)CC1. The minimum Gasteiger partial charge on any atom is -0.306 e. The second kappa shape index (κ2) is 8.61. The maximum Gasteiger partial charge on any atom is 0.103 e. The summed E-state index contributed by atoms with van der Waals surface area (Å²) in [7, 11) is 4.43. The van der Waals surface area contributed by atoms with E-state index in [4.69, 9.17) is 0 Å². The van der Waals surface area contributed by atoms with Gasteiger partial charge >= 0.3 is 0 Å². The van der Waals surface area contributed by atoms with E-state index in [1.807, 2.05) is 6.92 Å².